The van der Waals surface area contributed by atoms with Gasteiger partial charge < -0.3 is 5.73 Å². The monoisotopic (exact) mass is 240 g/mol. The van der Waals surface area contributed by atoms with Crippen molar-refractivity contribution in [1.29, 1.82) is 0 Å². The largest absolute Gasteiger partial charge is 0.323 e. The predicted molar refractivity (Wildman–Crippen MR) is 69.5 cm³/mol. The maximum absolute atomic E-state index is 6.30. The number of nitrogens with two attached hydrogens (primary N) is 1. The highest BCUT2D eigenvalue weighted by Gasteiger charge is 2.23. The number of hydrogen-bond acceptors (Lipinski definition) is 4. The van der Waals surface area contributed by atoms with E-state index in [1.54, 1.807) is 0 Å². The Kier molecular flexibility index (Phi) is 3.94. The van der Waals surface area contributed by atoms with Crippen LogP contribution < -0.4 is 5.73 Å². The Morgan fingerprint density at radius 1 is 1.53 bits per heavy atom. The maximum atomic E-state index is 6.30. The molecule has 0 radical (unpaired) electrons. The molecule has 15 heavy (non-hydrogen) atoms. The summed E-state index contributed by atoms with van der Waals surface area (Å²) >= 11 is 4.01. The molecule has 4 heteroatoms. The SMILES string of the molecule is Cc1ccncc1C(N)C1CSCCS1. The number of rotatable bonds is 2. The lowest BCUT2D eigenvalue weighted by molar-refractivity contribution is 0.710. The Labute approximate surface area is 99.4 Å². The number of aryl methyl sites for hydroxylation is 1. The Morgan fingerprint density at radius 2 is 2.40 bits per heavy atom. The molecule has 2 nitrogen and oxygen atoms in total. The summed E-state index contributed by atoms with van der Waals surface area (Å²) in [5.41, 5.74) is 8.76. The molecule has 0 saturated carbocycles. The third-order valence-electron chi connectivity index (χ3n) is 2.68. The molecule has 2 heterocycles. The molecule has 1 aromatic rings. The molecule has 0 bridgehead atoms. The fourth-order valence-corrected chi connectivity index (χ4v) is 4.53. The van der Waals surface area contributed by atoms with Gasteiger partial charge in [-0.2, -0.15) is 23.5 Å². The van der Waals surface area contributed by atoms with Gasteiger partial charge in [-0.1, -0.05) is 0 Å². The molecule has 2 unspecified atom stereocenters. The molecule has 2 N–H and O–H groups in total. The summed E-state index contributed by atoms with van der Waals surface area (Å²) in [6, 6.07) is 2.17. The van der Waals surface area contributed by atoms with Gasteiger partial charge in [-0.3, -0.25) is 4.98 Å². The lowest BCUT2D eigenvalue weighted by Crippen LogP contribution is -2.29. The Morgan fingerprint density at radius 3 is 3.07 bits per heavy atom. The average molecular weight is 240 g/mol. The summed E-state index contributed by atoms with van der Waals surface area (Å²) in [6.45, 7) is 2.11. The molecule has 0 amide bonds. The van der Waals surface area contributed by atoms with Crippen LogP contribution in [0.3, 0.4) is 0 Å². The molecule has 2 rings (SSSR count). The molecular formula is C11H16N2S2. The quantitative estimate of drug-likeness (QED) is 0.860. The molecule has 1 saturated heterocycles. The first-order chi connectivity index (χ1) is 7.29. The van der Waals surface area contributed by atoms with Crippen molar-refractivity contribution < 1.29 is 0 Å². The van der Waals surface area contributed by atoms with Crippen molar-refractivity contribution >= 4 is 23.5 Å². The van der Waals surface area contributed by atoms with Gasteiger partial charge >= 0.3 is 0 Å². The summed E-state index contributed by atoms with van der Waals surface area (Å²) < 4.78 is 0. The van der Waals surface area contributed by atoms with Crippen molar-refractivity contribution in [3.63, 3.8) is 0 Å². The van der Waals surface area contributed by atoms with E-state index in [9.17, 15) is 0 Å². The molecule has 1 aliphatic rings. The van der Waals surface area contributed by atoms with Crippen molar-refractivity contribution in [2.45, 2.75) is 18.2 Å². The smallest absolute Gasteiger partial charge is 0.0441 e. The second-order valence-electron chi connectivity index (χ2n) is 3.74. The van der Waals surface area contributed by atoms with Crippen LogP contribution in [0.25, 0.3) is 0 Å². The number of pyridine rings is 1. The zero-order chi connectivity index (χ0) is 10.7. The van der Waals surface area contributed by atoms with Crippen LogP contribution in [0.4, 0.5) is 0 Å². The van der Waals surface area contributed by atoms with E-state index in [2.05, 4.69) is 11.9 Å². The molecular weight excluding hydrogens is 224 g/mol. The van der Waals surface area contributed by atoms with E-state index in [0.717, 1.165) is 0 Å². The van der Waals surface area contributed by atoms with Gasteiger partial charge in [-0.05, 0) is 24.1 Å². The van der Waals surface area contributed by atoms with Gasteiger partial charge in [0.25, 0.3) is 0 Å². The van der Waals surface area contributed by atoms with Gasteiger partial charge in [0.1, 0.15) is 0 Å². The van der Waals surface area contributed by atoms with Gasteiger partial charge in [-0.15, -0.1) is 0 Å². The molecule has 0 aromatic carbocycles. The second kappa shape index (κ2) is 5.23. The first kappa shape index (κ1) is 11.3. The van der Waals surface area contributed by atoms with Crippen molar-refractivity contribution in [2.75, 3.05) is 17.3 Å². The zero-order valence-electron chi connectivity index (χ0n) is 8.85. The fraction of sp³-hybridized carbons (Fsp3) is 0.545. The lowest BCUT2D eigenvalue weighted by atomic mass is 10.0. The van der Waals surface area contributed by atoms with Crippen molar-refractivity contribution in [3.05, 3.63) is 29.6 Å². The minimum Gasteiger partial charge on any atom is -0.323 e. The van der Waals surface area contributed by atoms with Crippen LogP contribution in [0.1, 0.15) is 17.2 Å². The van der Waals surface area contributed by atoms with Gasteiger partial charge in [0.15, 0.2) is 0 Å². The summed E-state index contributed by atoms with van der Waals surface area (Å²) in [6.07, 6.45) is 3.74. The highest BCUT2D eigenvalue weighted by atomic mass is 32.2. The zero-order valence-corrected chi connectivity index (χ0v) is 10.5. The molecule has 2 atom stereocenters. The number of nitrogens with zero attached hydrogens (tertiary/aromatic N) is 1. The Balaban J connectivity index is 2.12. The maximum Gasteiger partial charge on any atom is 0.0441 e. The topological polar surface area (TPSA) is 38.9 Å². The van der Waals surface area contributed by atoms with Crippen LogP contribution in [-0.2, 0) is 0 Å². The molecule has 1 aliphatic heterocycles. The van der Waals surface area contributed by atoms with E-state index in [-0.39, 0.29) is 6.04 Å². The Bertz CT molecular complexity index is 324. The minimum absolute atomic E-state index is 0.136. The second-order valence-corrected chi connectivity index (χ2v) is 6.24. The summed E-state index contributed by atoms with van der Waals surface area (Å²) in [5.74, 6) is 3.66. The lowest BCUT2D eigenvalue weighted by Gasteiger charge is -2.27. The number of aromatic nitrogens is 1. The third kappa shape index (κ3) is 2.68. The van der Waals surface area contributed by atoms with Crippen LogP contribution in [0, 0.1) is 6.92 Å². The standard InChI is InChI=1S/C11H16N2S2/c1-8-2-3-13-6-9(8)11(12)10-7-14-4-5-15-10/h2-3,6,10-11H,4-5,7,12H2,1H3. The average Bonchev–Trinajstić information content (AvgIpc) is 2.30. The van der Waals surface area contributed by atoms with Crippen LogP contribution in [-0.4, -0.2) is 27.5 Å². The minimum atomic E-state index is 0.136. The Hall–Kier alpha value is -0.190. The van der Waals surface area contributed by atoms with Gasteiger partial charge in [0, 0.05) is 40.9 Å². The van der Waals surface area contributed by atoms with Gasteiger partial charge in [0.2, 0.25) is 0 Å². The van der Waals surface area contributed by atoms with Crippen molar-refractivity contribution in [2.24, 2.45) is 5.73 Å². The highest BCUT2D eigenvalue weighted by Crippen LogP contribution is 2.32. The summed E-state index contributed by atoms with van der Waals surface area (Å²) in [7, 11) is 0. The molecule has 0 spiro atoms. The highest BCUT2D eigenvalue weighted by molar-refractivity contribution is 8.06. The number of hydrogen-bond donors (Lipinski definition) is 1. The van der Waals surface area contributed by atoms with E-state index in [0.29, 0.717) is 5.25 Å². The molecule has 1 aromatic heterocycles. The first-order valence-corrected chi connectivity index (χ1v) is 7.35. The summed E-state index contributed by atoms with van der Waals surface area (Å²) in [4.78, 5) is 4.17. The number of thioether (sulfide) groups is 2. The molecule has 1 fully saturated rings. The first-order valence-electron chi connectivity index (χ1n) is 5.14. The normalized spacial score (nSPS) is 23.7. The summed E-state index contributed by atoms with van der Waals surface area (Å²) in [5, 5.41) is 0.548. The van der Waals surface area contributed by atoms with E-state index in [1.807, 2.05) is 42.0 Å². The van der Waals surface area contributed by atoms with Crippen LogP contribution in [0.2, 0.25) is 0 Å². The van der Waals surface area contributed by atoms with Gasteiger partial charge in [0.05, 0.1) is 0 Å². The van der Waals surface area contributed by atoms with Crippen LogP contribution in [0.5, 0.6) is 0 Å². The fourth-order valence-electron chi connectivity index (χ4n) is 1.74. The van der Waals surface area contributed by atoms with E-state index in [4.69, 9.17) is 5.73 Å². The van der Waals surface area contributed by atoms with Crippen LogP contribution >= 0.6 is 23.5 Å². The van der Waals surface area contributed by atoms with Crippen LogP contribution in [0.15, 0.2) is 18.5 Å². The van der Waals surface area contributed by atoms with E-state index >= 15 is 0 Å². The van der Waals surface area contributed by atoms with Gasteiger partial charge in [-0.25, -0.2) is 0 Å². The van der Waals surface area contributed by atoms with Crippen molar-refractivity contribution in [3.8, 4) is 0 Å². The van der Waals surface area contributed by atoms with E-state index in [1.165, 1.54) is 28.4 Å². The third-order valence-corrected chi connectivity index (χ3v) is 5.57. The molecule has 82 valence electrons. The molecule has 0 aliphatic carbocycles. The van der Waals surface area contributed by atoms with Crippen molar-refractivity contribution in [1.82, 2.24) is 4.98 Å². The predicted octanol–water partition coefficient (Wildman–Crippen LogP) is 2.24. The van der Waals surface area contributed by atoms with E-state index < -0.39 is 0 Å².